The van der Waals surface area contributed by atoms with Crippen molar-refractivity contribution in [3.05, 3.63) is 53.5 Å². The van der Waals surface area contributed by atoms with Gasteiger partial charge in [0.1, 0.15) is 35.6 Å². The fourth-order valence-corrected chi connectivity index (χ4v) is 2.27. The zero-order valence-electron chi connectivity index (χ0n) is 13.3. The van der Waals surface area contributed by atoms with Gasteiger partial charge in [0.2, 0.25) is 11.7 Å². The lowest BCUT2D eigenvalue weighted by atomic mass is 10.1. The third kappa shape index (κ3) is 3.39. The molecular weight excluding hydrogens is 338 g/mol. The molecule has 1 aromatic carbocycles. The number of rotatable bonds is 5. The molecule has 3 aromatic rings. The Kier molecular flexibility index (Phi) is 4.40. The molecule has 0 fully saturated rings. The van der Waals surface area contributed by atoms with Crippen LogP contribution < -0.4 is 16.2 Å². The van der Waals surface area contributed by atoms with Crippen molar-refractivity contribution in [3.63, 3.8) is 0 Å². The number of hydrogen-bond donors (Lipinski definition) is 3. The van der Waals surface area contributed by atoms with Crippen molar-refractivity contribution >= 4 is 17.7 Å². The summed E-state index contributed by atoms with van der Waals surface area (Å²) in [5.74, 6) is -0.529. The topological polar surface area (TPSA) is 161 Å². The molecule has 0 unspecified atom stereocenters. The highest BCUT2D eigenvalue weighted by atomic mass is 16.5. The fourth-order valence-electron chi connectivity index (χ4n) is 2.27. The van der Waals surface area contributed by atoms with E-state index in [1.807, 2.05) is 6.07 Å². The minimum Gasteiger partial charge on any atom is -0.486 e. The summed E-state index contributed by atoms with van der Waals surface area (Å²) in [6, 6.07) is 11.6. The Morgan fingerprint density at radius 3 is 2.77 bits per heavy atom. The van der Waals surface area contributed by atoms with Gasteiger partial charge in [-0.15, -0.1) is 0 Å². The van der Waals surface area contributed by atoms with E-state index < -0.39 is 5.97 Å². The lowest BCUT2D eigenvalue weighted by Gasteiger charge is -2.09. The molecule has 26 heavy (non-hydrogen) atoms. The maximum absolute atomic E-state index is 10.8. The quantitative estimate of drug-likeness (QED) is 0.624. The van der Waals surface area contributed by atoms with Crippen LogP contribution in [0.15, 0.2) is 40.8 Å². The van der Waals surface area contributed by atoms with Gasteiger partial charge in [0.25, 0.3) is 0 Å². The number of aromatic carboxylic acids is 1. The van der Waals surface area contributed by atoms with Crippen LogP contribution in [-0.2, 0) is 6.61 Å². The summed E-state index contributed by atoms with van der Waals surface area (Å²) in [6.45, 7) is 0.0376. The molecule has 9 heteroatoms. The van der Waals surface area contributed by atoms with E-state index in [0.717, 1.165) is 0 Å². The van der Waals surface area contributed by atoms with Gasteiger partial charge in [0, 0.05) is 5.56 Å². The second-order valence-corrected chi connectivity index (χ2v) is 5.19. The molecule has 0 amide bonds. The molecule has 3 rings (SSSR count). The molecule has 2 heterocycles. The number of carboxylic acids is 1. The van der Waals surface area contributed by atoms with Crippen molar-refractivity contribution in [1.29, 1.82) is 5.26 Å². The highest BCUT2D eigenvalue weighted by molar-refractivity contribution is 5.84. The van der Waals surface area contributed by atoms with E-state index in [0.29, 0.717) is 22.8 Å². The SMILES string of the molecule is N#Cc1c(N)nc(N)nc1-c1cccc(OCc2ccc(C(=O)O)o2)c1. The van der Waals surface area contributed by atoms with E-state index in [2.05, 4.69) is 9.97 Å². The van der Waals surface area contributed by atoms with Gasteiger partial charge < -0.3 is 25.7 Å². The number of aromatic nitrogens is 2. The summed E-state index contributed by atoms with van der Waals surface area (Å²) in [7, 11) is 0. The van der Waals surface area contributed by atoms with Crippen molar-refractivity contribution in [2.75, 3.05) is 11.5 Å². The standard InChI is InChI=1S/C17H13N5O4/c18-7-12-14(21-17(20)22-15(12)19)9-2-1-3-10(6-9)25-8-11-4-5-13(26-11)16(23)24/h1-6H,8H2,(H,23,24)(H4,19,20,21,22). The van der Waals surface area contributed by atoms with Crippen LogP contribution in [0.5, 0.6) is 5.75 Å². The number of carboxylic acid groups (broad SMARTS) is 1. The fraction of sp³-hybridized carbons (Fsp3) is 0.0588. The number of nitriles is 1. The number of benzene rings is 1. The number of carbonyl (C=O) groups is 1. The minimum absolute atomic E-state index is 0.00175. The zero-order valence-corrected chi connectivity index (χ0v) is 13.3. The van der Waals surface area contributed by atoms with Crippen LogP contribution in [0.25, 0.3) is 11.3 Å². The largest absolute Gasteiger partial charge is 0.486 e. The summed E-state index contributed by atoms with van der Waals surface area (Å²) in [4.78, 5) is 18.7. The van der Waals surface area contributed by atoms with E-state index in [1.54, 1.807) is 24.3 Å². The molecule has 0 aliphatic rings. The van der Waals surface area contributed by atoms with Crippen molar-refractivity contribution in [1.82, 2.24) is 9.97 Å². The first-order valence-corrected chi connectivity index (χ1v) is 7.36. The van der Waals surface area contributed by atoms with Gasteiger partial charge in [-0.1, -0.05) is 12.1 Å². The van der Waals surface area contributed by atoms with Gasteiger partial charge >= 0.3 is 5.97 Å². The summed E-state index contributed by atoms with van der Waals surface area (Å²) in [5.41, 5.74) is 12.3. The predicted molar refractivity (Wildman–Crippen MR) is 91.0 cm³/mol. The van der Waals surface area contributed by atoms with Crippen LogP contribution in [-0.4, -0.2) is 21.0 Å². The van der Waals surface area contributed by atoms with Gasteiger partial charge in [-0.3, -0.25) is 0 Å². The first-order chi connectivity index (χ1) is 12.5. The maximum atomic E-state index is 10.8. The number of nitrogens with two attached hydrogens (primary N) is 2. The lowest BCUT2D eigenvalue weighted by molar-refractivity contribution is 0.0658. The average Bonchev–Trinajstić information content (AvgIpc) is 3.09. The number of furan rings is 1. The molecule has 0 aliphatic carbocycles. The Morgan fingerprint density at radius 2 is 2.08 bits per heavy atom. The van der Waals surface area contributed by atoms with Crippen molar-refractivity contribution in [3.8, 4) is 23.1 Å². The number of nitrogens with zero attached hydrogens (tertiary/aromatic N) is 3. The molecule has 0 saturated carbocycles. The monoisotopic (exact) mass is 351 g/mol. The maximum Gasteiger partial charge on any atom is 0.371 e. The number of anilines is 2. The Balaban J connectivity index is 1.85. The molecule has 0 aliphatic heterocycles. The van der Waals surface area contributed by atoms with Crippen LogP contribution >= 0.6 is 0 Å². The van der Waals surface area contributed by atoms with Crippen LogP contribution in [0, 0.1) is 11.3 Å². The Hall–Kier alpha value is -4.06. The van der Waals surface area contributed by atoms with E-state index in [9.17, 15) is 10.1 Å². The minimum atomic E-state index is -1.15. The van der Waals surface area contributed by atoms with E-state index >= 15 is 0 Å². The van der Waals surface area contributed by atoms with Gasteiger partial charge in [-0.05, 0) is 24.3 Å². The molecule has 0 radical (unpaired) electrons. The van der Waals surface area contributed by atoms with Crippen molar-refractivity contribution in [2.24, 2.45) is 0 Å². The first-order valence-electron chi connectivity index (χ1n) is 7.36. The number of hydrogen-bond acceptors (Lipinski definition) is 8. The summed E-state index contributed by atoms with van der Waals surface area (Å²) < 4.78 is 10.7. The molecule has 5 N–H and O–H groups in total. The molecule has 0 atom stereocenters. The van der Waals surface area contributed by atoms with E-state index in [4.69, 9.17) is 25.7 Å². The lowest BCUT2D eigenvalue weighted by Crippen LogP contribution is -2.05. The van der Waals surface area contributed by atoms with Crippen LogP contribution in [0.2, 0.25) is 0 Å². The Bertz CT molecular complexity index is 1020. The Morgan fingerprint density at radius 1 is 1.27 bits per heavy atom. The molecule has 0 spiro atoms. The smallest absolute Gasteiger partial charge is 0.371 e. The van der Waals surface area contributed by atoms with Crippen molar-refractivity contribution < 1.29 is 19.1 Å². The summed E-state index contributed by atoms with van der Waals surface area (Å²) in [5, 5.41) is 18.1. The van der Waals surface area contributed by atoms with E-state index in [1.165, 1.54) is 12.1 Å². The molecular formula is C17H13N5O4. The third-order valence-corrected chi connectivity index (χ3v) is 3.43. The molecule has 0 saturated heterocycles. The molecule has 9 nitrogen and oxygen atoms in total. The van der Waals surface area contributed by atoms with Gasteiger partial charge in [0.05, 0.1) is 5.69 Å². The van der Waals surface area contributed by atoms with Crippen LogP contribution in [0.4, 0.5) is 11.8 Å². The first kappa shape index (κ1) is 16.8. The highest BCUT2D eigenvalue weighted by Crippen LogP contribution is 2.28. The van der Waals surface area contributed by atoms with Gasteiger partial charge in [-0.25, -0.2) is 9.78 Å². The third-order valence-electron chi connectivity index (χ3n) is 3.43. The average molecular weight is 351 g/mol. The van der Waals surface area contributed by atoms with Crippen LogP contribution in [0.3, 0.4) is 0 Å². The second-order valence-electron chi connectivity index (χ2n) is 5.19. The van der Waals surface area contributed by atoms with Gasteiger partial charge in [0.15, 0.2) is 0 Å². The second kappa shape index (κ2) is 6.82. The molecule has 0 bridgehead atoms. The zero-order chi connectivity index (χ0) is 18.7. The van der Waals surface area contributed by atoms with E-state index in [-0.39, 0.29) is 29.7 Å². The van der Waals surface area contributed by atoms with Crippen LogP contribution in [0.1, 0.15) is 21.9 Å². The molecule has 130 valence electrons. The molecule has 2 aromatic heterocycles. The highest BCUT2D eigenvalue weighted by Gasteiger charge is 2.14. The normalized spacial score (nSPS) is 10.3. The number of nitrogen functional groups attached to an aromatic ring is 2. The Labute approximate surface area is 147 Å². The predicted octanol–water partition coefficient (Wildman–Crippen LogP) is 2.05. The number of ether oxygens (including phenoxy) is 1. The summed E-state index contributed by atoms with van der Waals surface area (Å²) in [6.07, 6.45) is 0. The van der Waals surface area contributed by atoms with Crippen molar-refractivity contribution in [2.45, 2.75) is 6.61 Å². The summed E-state index contributed by atoms with van der Waals surface area (Å²) >= 11 is 0. The van der Waals surface area contributed by atoms with Gasteiger partial charge in [-0.2, -0.15) is 10.2 Å².